The Hall–Kier alpha value is -2.19. The Kier molecular flexibility index (Phi) is 5.42. The van der Waals surface area contributed by atoms with Gasteiger partial charge in [0, 0.05) is 6.54 Å². The number of hydrogen-bond donors (Lipinski definition) is 1. The summed E-state index contributed by atoms with van der Waals surface area (Å²) < 4.78 is 0. The number of rotatable bonds is 1. The summed E-state index contributed by atoms with van der Waals surface area (Å²) in [5.74, 6) is -1.84. The van der Waals surface area contributed by atoms with Crippen LogP contribution in [0.4, 0.5) is 0 Å². The lowest BCUT2D eigenvalue weighted by atomic mass is 9.79. The molecule has 2 rings (SSSR count). The Morgan fingerprint density at radius 3 is 2.35 bits per heavy atom. The maximum atomic E-state index is 11.4. The predicted octanol–water partition coefficient (Wildman–Crippen LogP) is 1.48. The van der Waals surface area contributed by atoms with Crippen molar-refractivity contribution < 1.29 is 14.7 Å². The summed E-state index contributed by atoms with van der Waals surface area (Å²) in [5.41, 5.74) is -0.477. The van der Waals surface area contributed by atoms with Crippen molar-refractivity contribution in [2.45, 2.75) is 13.3 Å². The van der Waals surface area contributed by atoms with Crippen LogP contribution < -0.4 is 0 Å². The van der Waals surface area contributed by atoms with Crippen molar-refractivity contribution in [3.63, 3.8) is 0 Å². The fourth-order valence-electron chi connectivity index (χ4n) is 1.88. The lowest BCUT2D eigenvalue weighted by molar-refractivity contribution is -0.153. The third kappa shape index (κ3) is 3.65. The van der Waals surface area contributed by atoms with E-state index < -0.39 is 17.2 Å². The quantitative estimate of drug-likeness (QED) is 0.784. The van der Waals surface area contributed by atoms with Gasteiger partial charge in [0.1, 0.15) is 0 Å². The van der Waals surface area contributed by atoms with E-state index in [-0.39, 0.29) is 13.0 Å². The van der Waals surface area contributed by atoms with E-state index >= 15 is 0 Å². The van der Waals surface area contributed by atoms with Crippen molar-refractivity contribution in [3.8, 4) is 6.07 Å². The van der Waals surface area contributed by atoms with Crippen LogP contribution in [0.3, 0.4) is 0 Å². The van der Waals surface area contributed by atoms with Gasteiger partial charge in [-0.2, -0.15) is 5.26 Å². The Morgan fingerprint density at radius 1 is 1.40 bits per heavy atom. The average Bonchev–Trinajstić information content (AvgIpc) is 2.40. The third-order valence-corrected chi connectivity index (χ3v) is 3.25. The average molecular weight is 274 g/mol. The number of likely N-dealkylation sites (tertiary alicyclic amines) is 1. The van der Waals surface area contributed by atoms with Gasteiger partial charge in [-0.05, 0) is 20.4 Å². The number of carboxylic acids is 1. The first-order chi connectivity index (χ1) is 9.42. The minimum atomic E-state index is -1.80. The molecule has 0 radical (unpaired) electrons. The van der Waals surface area contributed by atoms with Crippen molar-refractivity contribution in [1.29, 1.82) is 5.26 Å². The molecule has 0 aromatic heterocycles. The number of nitriles is 1. The molecule has 0 spiro atoms. The van der Waals surface area contributed by atoms with Gasteiger partial charge in [-0.15, -0.1) is 0 Å². The number of benzene rings is 1. The Bertz CT molecular complexity index is 522. The van der Waals surface area contributed by atoms with Crippen molar-refractivity contribution in [1.82, 2.24) is 4.90 Å². The fraction of sp³-hybridized carbons (Fsp3) is 0.400. The van der Waals surface area contributed by atoms with E-state index in [2.05, 4.69) is 19.1 Å². The van der Waals surface area contributed by atoms with Crippen molar-refractivity contribution in [2.24, 2.45) is 5.41 Å². The molecule has 0 amide bonds. The number of nitrogens with zero attached hydrogens (tertiary/aromatic N) is 2. The van der Waals surface area contributed by atoms with Crippen molar-refractivity contribution in [3.05, 3.63) is 35.9 Å². The molecular weight excluding hydrogens is 256 g/mol. The molecule has 1 heterocycles. The highest BCUT2D eigenvalue weighted by molar-refractivity contribution is 6.07. The number of Topliss-reactive ketones (excluding diaryl/α,β-unsaturated/α-hetero) is 1. The molecule has 1 atom stereocenters. The molecule has 1 saturated heterocycles. The molecule has 1 aromatic carbocycles. The fourth-order valence-corrected chi connectivity index (χ4v) is 1.88. The molecule has 0 bridgehead atoms. The van der Waals surface area contributed by atoms with Crippen LogP contribution in [0.1, 0.15) is 12.0 Å². The normalized spacial score (nSPS) is 22.4. The molecule has 5 nitrogen and oxygen atoms in total. The number of aliphatic carboxylic acids is 1. The van der Waals surface area contributed by atoms with Gasteiger partial charge in [0.15, 0.2) is 5.78 Å². The highest BCUT2D eigenvalue weighted by Crippen LogP contribution is 2.27. The van der Waals surface area contributed by atoms with Crippen LogP contribution in [0.25, 0.3) is 0 Å². The first kappa shape index (κ1) is 15.9. The molecule has 5 heteroatoms. The molecule has 20 heavy (non-hydrogen) atoms. The predicted molar refractivity (Wildman–Crippen MR) is 74.0 cm³/mol. The highest BCUT2D eigenvalue weighted by atomic mass is 16.4. The zero-order valence-electron chi connectivity index (χ0n) is 11.7. The van der Waals surface area contributed by atoms with Gasteiger partial charge in [-0.1, -0.05) is 35.9 Å². The Morgan fingerprint density at radius 2 is 2.00 bits per heavy atom. The molecule has 1 aromatic rings. The number of ketones is 1. The summed E-state index contributed by atoms with van der Waals surface area (Å²) in [6.45, 7) is 2.59. The summed E-state index contributed by atoms with van der Waals surface area (Å²) >= 11 is 0. The molecule has 1 aliphatic heterocycles. The van der Waals surface area contributed by atoms with Crippen LogP contribution >= 0.6 is 0 Å². The highest BCUT2D eigenvalue weighted by Gasteiger charge is 2.48. The van der Waals surface area contributed by atoms with E-state index in [1.54, 1.807) is 18.0 Å². The summed E-state index contributed by atoms with van der Waals surface area (Å²) in [7, 11) is 1.72. The number of aryl methyl sites for hydroxylation is 1. The Balaban J connectivity index is 0.000000240. The first-order valence-corrected chi connectivity index (χ1v) is 6.30. The molecule has 106 valence electrons. The second-order valence-electron chi connectivity index (χ2n) is 4.89. The van der Waals surface area contributed by atoms with Gasteiger partial charge < -0.3 is 5.11 Å². The van der Waals surface area contributed by atoms with Crippen molar-refractivity contribution in [2.75, 3.05) is 20.1 Å². The molecule has 1 N–H and O–H groups in total. The number of carbonyl (C=O) groups excluding carboxylic acids is 1. The minimum Gasteiger partial charge on any atom is -0.480 e. The summed E-state index contributed by atoms with van der Waals surface area (Å²) in [4.78, 5) is 23.8. The SMILES string of the molecule is CN1CCC(C#N)(C(=O)O)C(=O)C1.Cc1ccccc1. The zero-order chi connectivity index (χ0) is 15.2. The van der Waals surface area contributed by atoms with E-state index in [1.807, 2.05) is 18.2 Å². The molecule has 1 aliphatic rings. The molecule has 0 saturated carbocycles. The Labute approximate surface area is 118 Å². The second-order valence-corrected chi connectivity index (χ2v) is 4.89. The monoisotopic (exact) mass is 274 g/mol. The molecular formula is C15H18N2O3. The van der Waals surface area contributed by atoms with Crippen LogP contribution in [0.15, 0.2) is 30.3 Å². The van der Waals surface area contributed by atoms with Gasteiger partial charge in [0.05, 0.1) is 12.6 Å². The van der Waals surface area contributed by atoms with Gasteiger partial charge in [-0.3, -0.25) is 14.5 Å². The van der Waals surface area contributed by atoms with Crippen LogP contribution in [0.5, 0.6) is 0 Å². The lowest BCUT2D eigenvalue weighted by Crippen LogP contribution is -2.50. The standard InChI is InChI=1S/C8H10N2O3.C7H8/c1-10-3-2-8(5-9,7(12)13)6(11)4-10;1-7-5-3-2-4-6-7/h2-4H2,1H3,(H,12,13);2-6H,1H3. The lowest BCUT2D eigenvalue weighted by Gasteiger charge is -2.30. The maximum Gasteiger partial charge on any atom is 0.331 e. The third-order valence-electron chi connectivity index (χ3n) is 3.25. The van der Waals surface area contributed by atoms with E-state index in [4.69, 9.17) is 10.4 Å². The number of piperidine rings is 1. The molecule has 1 unspecified atom stereocenters. The number of carboxylic acid groups (broad SMARTS) is 1. The summed E-state index contributed by atoms with van der Waals surface area (Å²) in [6.07, 6.45) is 0.0775. The maximum absolute atomic E-state index is 11.4. The van der Waals surface area contributed by atoms with Gasteiger partial charge >= 0.3 is 5.97 Å². The van der Waals surface area contributed by atoms with Crippen LogP contribution in [0.2, 0.25) is 0 Å². The summed E-state index contributed by atoms with van der Waals surface area (Å²) in [6, 6.07) is 11.9. The molecule has 1 fully saturated rings. The van der Waals surface area contributed by atoms with E-state index in [9.17, 15) is 9.59 Å². The van der Waals surface area contributed by atoms with Gasteiger partial charge in [-0.25, -0.2) is 0 Å². The van der Waals surface area contributed by atoms with Crippen LogP contribution in [-0.2, 0) is 9.59 Å². The number of likely N-dealkylation sites (N-methyl/N-ethyl adjacent to an activating group) is 1. The van der Waals surface area contributed by atoms with Crippen LogP contribution in [0, 0.1) is 23.7 Å². The number of hydrogen-bond acceptors (Lipinski definition) is 4. The first-order valence-electron chi connectivity index (χ1n) is 6.30. The smallest absolute Gasteiger partial charge is 0.331 e. The number of carbonyl (C=O) groups is 2. The van der Waals surface area contributed by atoms with E-state index in [0.717, 1.165) is 0 Å². The zero-order valence-corrected chi connectivity index (χ0v) is 11.7. The van der Waals surface area contributed by atoms with E-state index in [0.29, 0.717) is 6.54 Å². The second kappa shape index (κ2) is 6.83. The van der Waals surface area contributed by atoms with Crippen LogP contribution in [-0.4, -0.2) is 41.9 Å². The largest absolute Gasteiger partial charge is 0.480 e. The molecule has 0 aliphatic carbocycles. The minimum absolute atomic E-state index is 0.0415. The van der Waals surface area contributed by atoms with Gasteiger partial charge in [0.2, 0.25) is 5.41 Å². The summed E-state index contributed by atoms with van der Waals surface area (Å²) in [5, 5.41) is 17.5. The van der Waals surface area contributed by atoms with Gasteiger partial charge in [0.25, 0.3) is 0 Å². The topological polar surface area (TPSA) is 81.4 Å². The van der Waals surface area contributed by atoms with Crippen molar-refractivity contribution >= 4 is 11.8 Å². The van der Waals surface area contributed by atoms with E-state index in [1.165, 1.54) is 5.56 Å².